The van der Waals surface area contributed by atoms with Crippen molar-refractivity contribution in [2.45, 2.75) is 53.5 Å². The van der Waals surface area contributed by atoms with Crippen molar-refractivity contribution >= 4 is 0 Å². The highest BCUT2D eigenvalue weighted by molar-refractivity contribution is 5.39. The lowest BCUT2D eigenvalue weighted by Gasteiger charge is -2.35. The van der Waals surface area contributed by atoms with E-state index in [-0.39, 0.29) is 0 Å². The van der Waals surface area contributed by atoms with Gasteiger partial charge >= 0.3 is 0 Å². The van der Waals surface area contributed by atoms with Gasteiger partial charge in [0.25, 0.3) is 0 Å². The Balaban J connectivity index is 2.14. The van der Waals surface area contributed by atoms with E-state index in [4.69, 9.17) is 0 Å². The Hall–Kier alpha value is -0.860. The molecule has 0 aromatic heterocycles. The van der Waals surface area contributed by atoms with E-state index in [0.29, 0.717) is 6.04 Å². The summed E-state index contributed by atoms with van der Waals surface area (Å²) in [7, 11) is 0. The van der Waals surface area contributed by atoms with Crippen LogP contribution in [0.4, 0.5) is 0 Å². The summed E-state index contributed by atoms with van der Waals surface area (Å²) in [6.07, 6.45) is 2.71. The number of piperidine rings is 1. The highest BCUT2D eigenvalue weighted by atomic mass is 15.2. The number of nitrogens with zero attached hydrogens (tertiary/aromatic N) is 1. The van der Waals surface area contributed by atoms with E-state index in [9.17, 15) is 0 Å². The average Bonchev–Trinajstić information content (AvgIpc) is 2.44. The first-order valence-electron chi connectivity index (χ1n) is 8.55. The summed E-state index contributed by atoms with van der Waals surface area (Å²) < 4.78 is 0. The topological polar surface area (TPSA) is 15.3 Å². The molecule has 1 aliphatic rings. The molecule has 0 saturated carbocycles. The van der Waals surface area contributed by atoms with Crippen molar-refractivity contribution in [3.63, 3.8) is 0 Å². The van der Waals surface area contributed by atoms with Gasteiger partial charge in [0.1, 0.15) is 0 Å². The van der Waals surface area contributed by atoms with Crippen LogP contribution in [-0.2, 0) is 0 Å². The Morgan fingerprint density at radius 1 is 1.24 bits per heavy atom. The molecule has 2 rings (SSSR count). The molecule has 1 saturated heterocycles. The standard InChI is InChI=1S/C19H32N2/c1-6-21(13-18-8-7-9-20-12-18)17(5)19-15(3)10-14(2)11-16(19)4/h10-11,17-18,20H,6-9,12-13H2,1-5H3. The highest BCUT2D eigenvalue weighted by Gasteiger charge is 2.22. The molecule has 0 radical (unpaired) electrons. The van der Waals surface area contributed by atoms with Gasteiger partial charge in [0.15, 0.2) is 0 Å². The first-order valence-corrected chi connectivity index (χ1v) is 8.55. The van der Waals surface area contributed by atoms with E-state index < -0.39 is 0 Å². The van der Waals surface area contributed by atoms with Crippen molar-refractivity contribution in [2.24, 2.45) is 5.92 Å². The first-order chi connectivity index (χ1) is 10.0. The quantitative estimate of drug-likeness (QED) is 0.881. The molecule has 1 aromatic rings. The number of aryl methyl sites for hydroxylation is 3. The fourth-order valence-corrected chi connectivity index (χ4v) is 4.01. The van der Waals surface area contributed by atoms with Crippen molar-refractivity contribution in [3.05, 3.63) is 34.4 Å². The second-order valence-corrected chi connectivity index (χ2v) is 6.79. The maximum atomic E-state index is 3.55. The molecule has 2 unspecified atom stereocenters. The van der Waals surface area contributed by atoms with Crippen LogP contribution in [0.2, 0.25) is 0 Å². The molecule has 1 aromatic carbocycles. The van der Waals surface area contributed by atoms with Crippen LogP contribution in [0.15, 0.2) is 12.1 Å². The van der Waals surface area contributed by atoms with Crippen LogP contribution in [0.25, 0.3) is 0 Å². The van der Waals surface area contributed by atoms with Gasteiger partial charge in [-0.2, -0.15) is 0 Å². The van der Waals surface area contributed by atoms with Gasteiger partial charge in [-0.15, -0.1) is 0 Å². The Kier molecular flexibility index (Phi) is 5.83. The minimum absolute atomic E-state index is 0.512. The maximum Gasteiger partial charge on any atom is 0.0325 e. The van der Waals surface area contributed by atoms with Gasteiger partial charge in [0.05, 0.1) is 0 Å². The zero-order valence-corrected chi connectivity index (χ0v) is 14.5. The van der Waals surface area contributed by atoms with E-state index in [1.807, 2.05) is 0 Å². The van der Waals surface area contributed by atoms with Crippen LogP contribution in [0.5, 0.6) is 0 Å². The van der Waals surface area contributed by atoms with Gasteiger partial charge in [-0.3, -0.25) is 4.90 Å². The van der Waals surface area contributed by atoms with E-state index in [1.165, 1.54) is 54.7 Å². The van der Waals surface area contributed by atoms with Crippen molar-refractivity contribution in [1.82, 2.24) is 10.2 Å². The maximum absolute atomic E-state index is 3.55. The molecule has 2 nitrogen and oxygen atoms in total. The van der Waals surface area contributed by atoms with Crippen molar-refractivity contribution < 1.29 is 0 Å². The van der Waals surface area contributed by atoms with Gasteiger partial charge in [-0.25, -0.2) is 0 Å². The molecule has 1 fully saturated rings. The smallest absolute Gasteiger partial charge is 0.0325 e. The summed E-state index contributed by atoms with van der Waals surface area (Å²) in [5.41, 5.74) is 5.80. The SMILES string of the molecule is CCN(CC1CCCNC1)C(C)c1c(C)cc(C)cc1C. The molecule has 1 aliphatic heterocycles. The number of rotatable bonds is 5. The number of hydrogen-bond acceptors (Lipinski definition) is 2. The minimum Gasteiger partial charge on any atom is -0.316 e. The molecule has 118 valence electrons. The number of benzene rings is 1. The fourth-order valence-electron chi connectivity index (χ4n) is 4.01. The molecule has 1 N–H and O–H groups in total. The zero-order chi connectivity index (χ0) is 15.4. The van der Waals surface area contributed by atoms with Crippen LogP contribution in [0, 0.1) is 26.7 Å². The van der Waals surface area contributed by atoms with Crippen molar-refractivity contribution in [3.8, 4) is 0 Å². The lowest BCUT2D eigenvalue weighted by Crippen LogP contribution is -2.39. The summed E-state index contributed by atoms with van der Waals surface area (Å²) >= 11 is 0. The molecule has 0 aliphatic carbocycles. The highest BCUT2D eigenvalue weighted by Crippen LogP contribution is 2.29. The Labute approximate surface area is 130 Å². The molecular weight excluding hydrogens is 256 g/mol. The predicted octanol–water partition coefficient (Wildman–Crippen LogP) is 3.99. The molecule has 0 spiro atoms. The second-order valence-electron chi connectivity index (χ2n) is 6.79. The van der Waals surface area contributed by atoms with E-state index >= 15 is 0 Å². The van der Waals surface area contributed by atoms with Crippen LogP contribution in [0.1, 0.15) is 55.0 Å². The summed E-state index contributed by atoms with van der Waals surface area (Å²) in [5.74, 6) is 0.812. The average molecular weight is 288 g/mol. The number of hydrogen-bond donors (Lipinski definition) is 1. The van der Waals surface area contributed by atoms with Crippen molar-refractivity contribution in [1.29, 1.82) is 0 Å². The molecule has 0 amide bonds. The van der Waals surface area contributed by atoms with Crippen LogP contribution in [0.3, 0.4) is 0 Å². The monoisotopic (exact) mass is 288 g/mol. The van der Waals surface area contributed by atoms with Gasteiger partial charge in [-0.05, 0) is 82.8 Å². The van der Waals surface area contributed by atoms with Gasteiger partial charge in [0.2, 0.25) is 0 Å². The van der Waals surface area contributed by atoms with Crippen LogP contribution in [-0.4, -0.2) is 31.1 Å². The van der Waals surface area contributed by atoms with E-state index in [0.717, 1.165) is 12.5 Å². The van der Waals surface area contributed by atoms with E-state index in [1.54, 1.807) is 0 Å². The number of nitrogens with one attached hydrogen (secondary N) is 1. The summed E-state index contributed by atoms with van der Waals surface area (Å²) in [6.45, 7) is 16.1. The van der Waals surface area contributed by atoms with E-state index in [2.05, 4.69) is 57.0 Å². The second kappa shape index (κ2) is 7.42. The normalized spacial score (nSPS) is 20.8. The van der Waals surface area contributed by atoms with Gasteiger partial charge < -0.3 is 5.32 Å². The third-order valence-electron chi connectivity index (χ3n) is 5.00. The van der Waals surface area contributed by atoms with Crippen molar-refractivity contribution in [2.75, 3.05) is 26.2 Å². The predicted molar refractivity (Wildman–Crippen MR) is 91.9 cm³/mol. The molecule has 2 heteroatoms. The Morgan fingerprint density at radius 2 is 1.90 bits per heavy atom. The lowest BCUT2D eigenvalue weighted by atomic mass is 9.92. The summed E-state index contributed by atoms with van der Waals surface area (Å²) in [4.78, 5) is 2.66. The van der Waals surface area contributed by atoms with Crippen LogP contribution < -0.4 is 5.32 Å². The summed E-state index contributed by atoms with van der Waals surface area (Å²) in [6, 6.07) is 5.17. The molecular formula is C19H32N2. The molecule has 0 bridgehead atoms. The molecule has 21 heavy (non-hydrogen) atoms. The van der Waals surface area contributed by atoms with Crippen LogP contribution >= 0.6 is 0 Å². The Morgan fingerprint density at radius 3 is 2.43 bits per heavy atom. The molecule has 1 heterocycles. The summed E-state index contributed by atoms with van der Waals surface area (Å²) in [5, 5.41) is 3.55. The Bertz CT molecular complexity index is 438. The first kappa shape index (κ1) is 16.5. The molecule has 2 atom stereocenters. The zero-order valence-electron chi connectivity index (χ0n) is 14.5. The minimum atomic E-state index is 0.512. The third-order valence-corrected chi connectivity index (χ3v) is 5.00. The lowest BCUT2D eigenvalue weighted by molar-refractivity contribution is 0.170. The third kappa shape index (κ3) is 4.08. The largest absolute Gasteiger partial charge is 0.316 e. The van der Waals surface area contributed by atoms with Gasteiger partial charge in [0, 0.05) is 12.6 Å². The van der Waals surface area contributed by atoms with Gasteiger partial charge in [-0.1, -0.05) is 24.6 Å². The fraction of sp³-hybridized carbons (Fsp3) is 0.684.